The standard InChI is InChI=1S/C12H10BrClFNO2S2/c1-16(7-8-3-2-4-9(15)5-8)20(17,18)11-6-10(14)12(13)19-11/h2-6H,7H2,1H3. The van der Waals surface area contributed by atoms with Gasteiger partial charge in [0.15, 0.2) is 0 Å². The monoisotopic (exact) mass is 397 g/mol. The van der Waals surface area contributed by atoms with Crippen molar-refractivity contribution in [1.29, 1.82) is 0 Å². The van der Waals surface area contributed by atoms with Gasteiger partial charge in [0, 0.05) is 13.6 Å². The lowest BCUT2D eigenvalue weighted by molar-refractivity contribution is 0.467. The van der Waals surface area contributed by atoms with Crippen LogP contribution in [0, 0.1) is 5.82 Å². The van der Waals surface area contributed by atoms with Gasteiger partial charge in [-0.1, -0.05) is 23.7 Å². The van der Waals surface area contributed by atoms with Crippen LogP contribution >= 0.6 is 38.9 Å². The lowest BCUT2D eigenvalue weighted by atomic mass is 10.2. The minimum atomic E-state index is -3.64. The molecule has 0 amide bonds. The second-order valence-corrected chi connectivity index (χ2v) is 9.13. The summed E-state index contributed by atoms with van der Waals surface area (Å²) in [6.45, 7) is 0.0905. The van der Waals surface area contributed by atoms with Crippen LogP contribution in [0.1, 0.15) is 5.56 Å². The van der Waals surface area contributed by atoms with Gasteiger partial charge >= 0.3 is 0 Å². The number of rotatable bonds is 4. The molecule has 0 atom stereocenters. The van der Waals surface area contributed by atoms with E-state index in [1.54, 1.807) is 12.1 Å². The van der Waals surface area contributed by atoms with Gasteiger partial charge in [0.25, 0.3) is 10.0 Å². The molecule has 0 spiro atoms. The molecule has 0 bridgehead atoms. The van der Waals surface area contributed by atoms with Gasteiger partial charge < -0.3 is 0 Å². The Bertz CT molecular complexity index is 713. The van der Waals surface area contributed by atoms with Crippen molar-refractivity contribution >= 4 is 48.9 Å². The average Bonchev–Trinajstić information content (AvgIpc) is 2.70. The van der Waals surface area contributed by atoms with Gasteiger partial charge in [-0.15, -0.1) is 11.3 Å². The summed E-state index contributed by atoms with van der Waals surface area (Å²) in [6.07, 6.45) is 0. The molecule has 0 aliphatic carbocycles. The maximum absolute atomic E-state index is 13.1. The third-order valence-corrected chi connectivity index (χ3v) is 7.31. The normalized spacial score (nSPS) is 12.1. The number of benzene rings is 1. The van der Waals surface area contributed by atoms with Crippen molar-refractivity contribution in [3.05, 3.63) is 50.5 Å². The Balaban J connectivity index is 2.25. The second-order valence-electron chi connectivity index (χ2n) is 4.08. The number of hydrogen-bond acceptors (Lipinski definition) is 3. The number of nitrogens with zero attached hydrogens (tertiary/aromatic N) is 1. The van der Waals surface area contributed by atoms with E-state index in [2.05, 4.69) is 15.9 Å². The summed E-state index contributed by atoms with van der Waals surface area (Å²) in [5.41, 5.74) is 0.581. The molecule has 0 saturated carbocycles. The van der Waals surface area contributed by atoms with Crippen molar-refractivity contribution in [1.82, 2.24) is 4.31 Å². The van der Waals surface area contributed by atoms with E-state index in [4.69, 9.17) is 11.6 Å². The Labute approximate surface area is 134 Å². The first-order chi connectivity index (χ1) is 9.30. The zero-order valence-electron chi connectivity index (χ0n) is 10.3. The SMILES string of the molecule is CN(Cc1cccc(F)c1)S(=O)(=O)c1cc(Cl)c(Br)s1. The van der Waals surface area contributed by atoms with Crippen LogP contribution in [0.3, 0.4) is 0 Å². The molecule has 0 N–H and O–H groups in total. The van der Waals surface area contributed by atoms with Crippen LogP contribution in [0.4, 0.5) is 4.39 Å². The van der Waals surface area contributed by atoms with Crippen LogP contribution in [-0.4, -0.2) is 19.8 Å². The van der Waals surface area contributed by atoms with E-state index >= 15 is 0 Å². The molecule has 0 fully saturated rings. The molecule has 108 valence electrons. The highest BCUT2D eigenvalue weighted by molar-refractivity contribution is 9.11. The van der Waals surface area contributed by atoms with Crippen LogP contribution in [-0.2, 0) is 16.6 Å². The zero-order chi connectivity index (χ0) is 14.9. The van der Waals surface area contributed by atoms with Crippen molar-refractivity contribution in [2.24, 2.45) is 0 Å². The summed E-state index contributed by atoms with van der Waals surface area (Å²) in [7, 11) is -2.19. The smallest absolute Gasteiger partial charge is 0.207 e. The molecule has 0 radical (unpaired) electrons. The van der Waals surface area contributed by atoms with Gasteiger partial charge in [-0.2, -0.15) is 4.31 Å². The van der Waals surface area contributed by atoms with Crippen molar-refractivity contribution in [3.8, 4) is 0 Å². The number of halogens is 3. The maximum Gasteiger partial charge on any atom is 0.252 e. The molecular formula is C12H10BrClFNO2S2. The summed E-state index contributed by atoms with van der Waals surface area (Å²) in [6, 6.07) is 7.24. The van der Waals surface area contributed by atoms with Crippen molar-refractivity contribution < 1.29 is 12.8 Å². The number of thiophene rings is 1. The van der Waals surface area contributed by atoms with E-state index in [9.17, 15) is 12.8 Å². The van der Waals surface area contributed by atoms with E-state index in [1.807, 2.05) is 0 Å². The van der Waals surface area contributed by atoms with E-state index in [1.165, 1.54) is 25.2 Å². The summed E-state index contributed by atoms with van der Waals surface area (Å²) in [5, 5.41) is 0.354. The van der Waals surface area contributed by atoms with Crippen LogP contribution < -0.4 is 0 Å². The zero-order valence-corrected chi connectivity index (χ0v) is 14.3. The number of hydrogen-bond donors (Lipinski definition) is 0. The molecule has 0 aliphatic rings. The van der Waals surface area contributed by atoms with Crippen LogP contribution in [0.15, 0.2) is 38.3 Å². The van der Waals surface area contributed by atoms with Gasteiger partial charge in [-0.25, -0.2) is 12.8 Å². The second kappa shape index (κ2) is 6.11. The van der Waals surface area contributed by atoms with Gasteiger partial charge in [-0.05, 0) is 39.7 Å². The molecule has 3 nitrogen and oxygen atoms in total. The first-order valence-electron chi connectivity index (χ1n) is 5.46. The van der Waals surface area contributed by atoms with Crippen molar-refractivity contribution in [3.63, 3.8) is 0 Å². The molecule has 1 aromatic carbocycles. The summed E-state index contributed by atoms with van der Waals surface area (Å²) in [4.78, 5) is 0. The topological polar surface area (TPSA) is 37.4 Å². The lowest BCUT2D eigenvalue weighted by Gasteiger charge is -2.16. The van der Waals surface area contributed by atoms with Crippen LogP contribution in [0.25, 0.3) is 0 Å². The average molecular weight is 399 g/mol. The van der Waals surface area contributed by atoms with Crippen molar-refractivity contribution in [2.75, 3.05) is 7.05 Å². The van der Waals surface area contributed by atoms with Crippen LogP contribution in [0.2, 0.25) is 5.02 Å². The largest absolute Gasteiger partial charge is 0.252 e. The Morgan fingerprint density at radius 1 is 1.40 bits per heavy atom. The molecule has 1 heterocycles. The molecule has 0 saturated heterocycles. The first kappa shape index (κ1) is 15.9. The molecule has 0 aliphatic heterocycles. The molecule has 20 heavy (non-hydrogen) atoms. The van der Waals surface area contributed by atoms with E-state index in [-0.39, 0.29) is 10.8 Å². The summed E-state index contributed by atoms with van der Waals surface area (Å²) >= 11 is 10.1. The van der Waals surface area contributed by atoms with Gasteiger partial charge in [0.05, 0.1) is 8.81 Å². The maximum atomic E-state index is 13.1. The fraction of sp³-hybridized carbons (Fsp3) is 0.167. The molecule has 8 heteroatoms. The third-order valence-electron chi connectivity index (χ3n) is 2.58. The van der Waals surface area contributed by atoms with Crippen molar-refractivity contribution in [2.45, 2.75) is 10.8 Å². The molecule has 2 rings (SSSR count). The van der Waals surface area contributed by atoms with E-state index in [0.29, 0.717) is 14.4 Å². The van der Waals surface area contributed by atoms with Gasteiger partial charge in [-0.3, -0.25) is 0 Å². The molecular weight excluding hydrogens is 389 g/mol. The first-order valence-corrected chi connectivity index (χ1v) is 8.89. The molecule has 1 aromatic heterocycles. The Morgan fingerprint density at radius 3 is 2.65 bits per heavy atom. The Kier molecular flexibility index (Phi) is 4.86. The fourth-order valence-corrected chi connectivity index (χ4v) is 5.35. The van der Waals surface area contributed by atoms with E-state index in [0.717, 1.165) is 15.6 Å². The molecule has 2 aromatic rings. The highest BCUT2D eigenvalue weighted by Crippen LogP contribution is 2.35. The predicted molar refractivity (Wildman–Crippen MR) is 82.1 cm³/mol. The highest BCUT2D eigenvalue weighted by Gasteiger charge is 2.24. The molecule has 0 unspecified atom stereocenters. The summed E-state index contributed by atoms with van der Waals surface area (Å²) in [5.74, 6) is -0.393. The minimum absolute atomic E-state index is 0.0905. The highest BCUT2D eigenvalue weighted by atomic mass is 79.9. The van der Waals surface area contributed by atoms with Crippen LogP contribution in [0.5, 0.6) is 0 Å². The summed E-state index contributed by atoms with van der Waals surface area (Å²) < 4.78 is 39.7. The third kappa shape index (κ3) is 3.40. The lowest BCUT2D eigenvalue weighted by Crippen LogP contribution is -2.25. The predicted octanol–water partition coefficient (Wildman–Crippen LogP) is 4.12. The quantitative estimate of drug-likeness (QED) is 0.777. The van der Waals surface area contributed by atoms with Gasteiger partial charge in [0.2, 0.25) is 0 Å². The Hall–Kier alpha value is -0.470. The number of sulfonamides is 1. The fourth-order valence-electron chi connectivity index (χ4n) is 1.58. The van der Waals surface area contributed by atoms with E-state index < -0.39 is 15.8 Å². The van der Waals surface area contributed by atoms with Gasteiger partial charge in [0.1, 0.15) is 10.0 Å². The Morgan fingerprint density at radius 2 is 2.10 bits per heavy atom. The minimum Gasteiger partial charge on any atom is -0.207 e.